The van der Waals surface area contributed by atoms with Gasteiger partial charge in [-0.05, 0) is 30.7 Å². The van der Waals surface area contributed by atoms with Crippen LogP contribution in [0.3, 0.4) is 0 Å². The van der Waals surface area contributed by atoms with Crippen molar-refractivity contribution in [2.45, 2.75) is 18.0 Å². The van der Waals surface area contributed by atoms with E-state index >= 15 is 0 Å². The molecule has 0 aliphatic heterocycles. The minimum absolute atomic E-state index is 0.357. The molecule has 5 nitrogen and oxygen atoms in total. The number of nitrogens with two attached hydrogens (primary N) is 1. The van der Waals surface area contributed by atoms with Crippen molar-refractivity contribution in [1.29, 1.82) is 0 Å². The number of rotatable bonds is 2. The van der Waals surface area contributed by atoms with Crippen LogP contribution >= 0.6 is 0 Å². The predicted octanol–water partition coefficient (Wildman–Crippen LogP) is -1.81. The lowest BCUT2D eigenvalue weighted by atomic mass is 9.94. The van der Waals surface area contributed by atoms with Gasteiger partial charge in [-0.25, -0.2) is 0 Å². The summed E-state index contributed by atoms with van der Waals surface area (Å²) >= 11 is 0. The van der Waals surface area contributed by atoms with Gasteiger partial charge >= 0.3 is 0 Å². The van der Waals surface area contributed by atoms with Crippen LogP contribution in [0.2, 0.25) is 0 Å². The monoisotopic (exact) mass is 187 g/mol. The van der Waals surface area contributed by atoms with Gasteiger partial charge in [-0.1, -0.05) is 6.08 Å². The molecule has 0 fully saturated rings. The molecule has 0 spiro atoms. The third-order valence-electron chi connectivity index (χ3n) is 1.89. The van der Waals surface area contributed by atoms with E-state index < -0.39 is 11.6 Å². The molecule has 0 saturated carbocycles. The summed E-state index contributed by atoms with van der Waals surface area (Å²) in [5, 5.41) is 36.5. The van der Waals surface area contributed by atoms with Gasteiger partial charge in [0.05, 0.1) is 0 Å². The average Bonchev–Trinajstić information content (AvgIpc) is 1.98. The maximum Gasteiger partial charge on any atom is 0.243 e. The Morgan fingerprint density at radius 3 is 2.23 bits per heavy atom. The Labute approximate surface area is 75.4 Å². The fourth-order valence-corrected chi connectivity index (χ4v) is 1.08. The maximum absolute atomic E-state index is 9.19. The lowest BCUT2D eigenvalue weighted by Crippen LogP contribution is -2.53. The number of aliphatic hydroxyl groups is 4. The summed E-state index contributed by atoms with van der Waals surface area (Å²) in [5.41, 5.74) is 5.81. The highest BCUT2D eigenvalue weighted by Crippen LogP contribution is 2.27. The van der Waals surface area contributed by atoms with Gasteiger partial charge in [0.15, 0.2) is 0 Å². The largest absolute Gasteiger partial charge is 0.358 e. The van der Waals surface area contributed by atoms with Gasteiger partial charge < -0.3 is 26.2 Å². The van der Waals surface area contributed by atoms with Crippen molar-refractivity contribution in [3.05, 3.63) is 23.8 Å². The number of hydrogen-bond donors (Lipinski definition) is 5. The highest BCUT2D eigenvalue weighted by atomic mass is 16.6. The van der Waals surface area contributed by atoms with E-state index in [9.17, 15) is 10.2 Å². The maximum atomic E-state index is 9.19. The van der Waals surface area contributed by atoms with Crippen molar-refractivity contribution in [3.63, 3.8) is 0 Å². The van der Waals surface area contributed by atoms with Crippen molar-refractivity contribution < 1.29 is 20.4 Å². The molecule has 0 radical (unpaired) electrons. The van der Waals surface area contributed by atoms with Crippen molar-refractivity contribution >= 4 is 0 Å². The second kappa shape index (κ2) is 3.21. The molecule has 0 saturated heterocycles. The normalized spacial score (nSPS) is 24.2. The van der Waals surface area contributed by atoms with Gasteiger partial charge in [-0.15, -0.1) is 0 Å². The second-order valence-corrected chi connectivity index (χ2v) is 3.04. The zero-order valence-corrected chi connectivity index (χ0v) is 7.01. The van der Waals surface area contributed by atoms with Gasteiger partial charge in [0.25, 0.3) is 0 Å². The summed E-state index contributed by atoms with van der Waals surface area (Å²) < 4.78 is 0. The van der Waals surface area contributed by atoms with Crippen LogP contribution in [0, 0.1) is 0 Å². The van der Waals surface area contributed by atoms with Crippen LogP contribution in [0.15, 0.2) is 23.8 Å². The van der Waals surface area contributed by atoms with Crippen LogP contribution < -0.4 is 5.73 Å². The summed E-state index contributed by atoms with van der Waals surface area (Å²) in [6.45, 7) is 0.357. The fourth-order valence-electron chi connectivity index (χ4n) is 1.08. The standard InChI is InChI=1S/C8H13NO4/c9-4-2-6-1-3-7(10,11)8(12,13)5-6/h1,3,5,10-13H,2,4,9H2. The Morgan fingerprint density at radius 2 is 1.77 bits per heavy atom. The smallest absolute Gasteiger partial charge is 0.243 e. The van der Waals surface area contributed by atoms with Crippen molar-refractivity contribution in [3.8, 4) is 0 Å². The van der Waals surface area contributed by atoms with Gasteiger partial charge in [0.1, 0.15) is 0 Å². The SMILES string of the molecule is NCCC1=CC(O)(O)C(O)(O)C=C1. The van der Waals surface area contributed by atoms with E-state index in [0.29, 0.717) is 18.5 Å². The van der Waals surface area contributed by atoms with E-state index in [1.165, 1.54) is 6.08 Å². The Hall–Kier alpha value is -0.720. The van der Waals surface area contributed by atoms with E-state index in [-0.39, 0.29) is 0 Å². The lowest BCUT2D eigenvalue weighted by molar-refractivity contribution is -0.308. The van der Waals surface area contributed by atoms with Gasteiger partial charge in [-0.2, -0.15) is 0 Å². The van der Waals surface area contributed by atoms with Gasteiger partial charge in [0, 0.05) is 0 Å². The van der Waals surface area contributed by atoms with Crippen molar-refractivity contribution in [1.82, 2.24) is 0 Å². The summed E-state index contributed by atoms with van der Waals surface area (Å²) in [4.78, 5) is 0. The van der Waals surface area contributed by atoms with Crippen LogP contribution in [0.4, 0.5) is 0 Å². The minimum atomic E-state index is -2.65. The topological polar surface area (TPSA) is 107 Å². The summed E-state index contributed by atoms with van der Waals surface area (Å²) in [6, 6.07) is 0. The molecular formula is C8H13NO4. The first kappa shape index (κ1) is 10.4. The molecule has 5 heteroatoms. The van der Waals surface area contributed by atoms with Crippen LogP contribution in [0.5, 0.6) is 0 Å². The van der Waals surface area contributed by atoms with Gasteiger partial charge in [-0.3, -0.25) is 0 Å². The minimum Gasteiger partial charge on any atom is -0.358 e. The molecule has 1 rings (SSSR count). The molecule has 74 valence electrons. The Morgan fingerprint density at radius 1 is 1.15 bits per heavy atom. The highest BCUT2D eigenvalue weighted by Gasteiger charge is 2.45. The number of hydrogen-bond acceptors (Lipinski definition) is 5. The molecule has 1 aliphatic carbocycles. The molecule has 0 atom stereocenters. The highest BCUT2D eigenvalue weighted by molar-refractivity contribution is 5.31. The molecule has 1 aliphatic rings. The van der Waals surface area contributed by atoms with Crippen LogP contribution in [0.1, 0.15) is 6.42 Å². The quantitative estimate of drug-likeness (QED) is 0.328. The first-order valence-corrected chi connectivity index (χ1v) is 3.89. The molecule has 6 N–H and O–H groups in total. The first-order valence-electron chi connectivity index (χ1n) is 3.89. The zero-order chi connectivity index (χ0) is 10.1. The second-order valence-electron chi connectivity index (χ2n) is 3.04. The molecular weight excluding hydrogens is 174 g/mol. The molecule has 0 unspecified atom stereocenters. The van der Waals surface area contributed by atoms with E-state index in [2.05, 4.69) is 0 Å². The molecule has 13 heavy (non-hydrogen) atoms. The average molecular weight is 187 g/mol. The number of allylic oxidation sites excluding steroid dienone is 1. The summed E-state index contributed by atoms with van der Waals surface area (Å²) in [6.07, 6.45) is 3.74. The Kier molecular flexibility index (Phi) is 2.56. The lowest BCUT2D eigenvalue weighted by Gasteiger charge is -2.33. The summed E-state index contributed by atoms with van der Waals surface area (Å²) in [7, 11) is 0. The molecule has 0 bridgehead atoms. The van der Waals surface area contributed by atoms with E-state index in [0.717, 1.165) is 12.2 Å². The summed E-state index contributed by atoms with van der Waals surface area (Å²) in [5.74, 6) is -5.28. The zero-order valence-electron chi connectivity index (χ0n) is 7.01. The molecule has 0 amide bonds. The fraction of sp³-hybridized carbons (Fsp3) is 0.500. The predicted molar refractivity (Wildman–Crippen MR) is 45.2 cm³/mol. The first-order chi connectivity index (χ1) is 5.89. The third-order valence-corrected chi connectivity index (χ3v) is 1.89. The van der Waals surface area contributed by atoms with E-state index in [1.807, 2.05) is 0 Å². The Balaban J connectivity index is 2.89. The molecule has 0 heterocycles. The third kappa shape index (κ3) is 1.96. The van der Waals surface area contributed by atoms with E-state index in [1.54, 1.807) is 0 Å². The van der Waals surface area contributed by atoms with Crippen LogP contribution in [-0.4, -0.2) is 38.5 Å². The van der Waals surface area contributed by atoms with Crippen LogP contribution in [-0.2, 0) is 0 Å². The van der Waals surface area contributed by atoms with Crippen molar-refractivity contribution in [2.24, 2.45) is 5.73 Å². The molecule has 0 aromatic carbocycles. The van der Waals surface area contributed by atoms with Crippen molar-refractivity contribution in [2.75, 3.05) is 6.54 Å². The Bertz CT molecular complexity index is 255. The van der Waals surface area contributed by atoms with Crippen LogP contribution in [0.25, 0.3) is 0 Å². The van der Waals surface area contributed by atoms with E-state index in [4.69, 9.17) is 15.9 Å². The van der Waals surface area contributed by atoms with Gasteiger partial charge in [0.2, 0.25) is 11.6 Å². The molecule has 0 aromatic heterocycles. The molecule has 0 aromatic rings.